The Bertz CT molecular complexity index is 149. The topological polar surface area (TPSA) is 0 Å². The van der Waals surface area contributed by atoms with Gasteiger partial charge in [-0.1, -0.05) is 64.0 Å². The van der Waals surface area contributed by atoms with Gasteiger partial charge in [0.15, 0.2) is 0 Å². The molecule has 0 aromatic carbocycles. The summed E-state index contributed by atoms with van der Waals surface area (Å²) < 4.78 is 0.345. The van der Waals surface area contributed by atoms with Crippen molar-refractivity contribution in [3.63, 3.8) is 0 Å². The van der Waals surface area contributed by atoms with Crippen molar-refractivity contribution in [1.29, 1.82) is 0 Å². The van der Waals surface area contributed by atoms with Crippen molar-refractivity contribution in [2.75, 3.05) is 0 Å². The first-order valence-corrected chi connectivity index (χ1v) is 6.69. The molecular formula is C10H16Br2. The minimum atomic E-state index is 0.345. The van der Waals surface area contributed by atoms with Crippen LogP contribution in [0.5, 0.6) is 0 Å². The van der Waals surface area contributed by atoms with E-state index in [0.717, 1.165) is 11.8 Å². The molecule has 0 heterocycles. The lowest BCUT2D eigenvalue weighted by atomic mass is 10.1. The lowest BCUT2D eigenvalue weighted by molar-refractivity contribution is 0.593. The molecule has 70 valence electrons. The summed E-state index contributed by atoms with van der Waals surface area (Å²) in [6.07, 6.45) is 10.1. The largest absolute Gasteiger partial charge is 0.0868 e. The number of alkyl halides is 2. The highest BCUT2D eigenvalue weighted by Crippen LogP contribution is 2.65. The third kappa shape index (κ3) is 1.75. The van der Waals surface area contributed by atoms with Crippen molar-refractivity contribution in [1.82, 2.24) is 0 Å². The Kier molecular flexibility index (Phi) is 2.86. The highest BCUT2D eigenvalue weighted by atomic mass is 79.9. The maximum atomic E-state index is 3.79. The van der Waals surface area contributed by atoms with E-state index >= 15 is 0 Å². The molecule has 0 aromatic heterocycles. The molecule has 2 rings (SSSR count). The molecule has 0 nitrogen and oxygen atoms in total. The van der Waals surface area contributed by atoms with Crippen LogP contribution >= 0.6 is 31.9 Å². The maximum absolute atomic E-state index is 3.79. The summed E-state index contributed by atoms with van der Waals surface area (Å²) in [7, 11) is 0. The first kappa shape index (κ1) is 9.51. The zero-order valence-corrected chi connectivity index (χ0v) is 10.5. The van der Waals surface area contributed by atoms with E-state index in [1.807, 2.05) is 0 Å². The van der Waals surface area contributed by atoms with Crippen molar-refractivity contribution in [2.24, 2.45) is 11.8 Å². The van der Waals surface area contributed by atoms with Gasteiger partial charge in [-0.2, -0.15) is 0 Å². The van der Waals surface area contributed by atoms with E-state index in [1.54, 1.807) is 0 Å². The fourth-order valence-electron chi connectivity index (χ4n) is 2.51. The second-order valence-electron chi connectivity index (χ2n) is 4.23. The molecule has 12 heavy (non-hydrogen) atoms. The summed E-state index contributed by atoms with van der Waals surface area (Å²) in [6.45, 7) is 0. The van der Waals surface area contributed by atoms with Crippen LogP contribution in [0, 0.1) is 11.8 Å². The third-order valence-electron chi connectivity index (χ3n) is 3.40. The van der Waals surface area contributed by atoms with Gasteiger partial charge in [-0.25, -0.2) is 0 Å². The van der Waals surface area contributed by atoms with Crippen molar-refractivity contribution in [3.05, 3.63) is 0 Å². The zero-order chi connectivity index (χ0) is 8.60. The number of halogens is 2. The number of rotatable bonds is 0. The Labute approximate surface area is 91.7 Å². The average molecular weight is 296 g/mol. The van der Waals surface area contributed by atoms with Gasteiger partial charge < -0.3 is 0 Å². The van der Waals surface area contributed by atoms with Gasteiger partial charge in [0, 0.05) is 0 Å². The molecule has 2 aliphatic rings. The fourth-order valence-corrected chi connectivity index (χ4v) is 4.43. The highest BCUT2D eigenvalue weighted by molar-refractivity contribution is 9.25. The van der Waals surface area contributed by atoms with Gasteiger partial charge in [-0.3, -0.25) is 0 Å². The third-order valence-corrected chi connectivity index (χ3v) is 5.75. The van der Waals surface area contributed by atoms with Crippen molar-refractivity contribution in [3.8, 4) is 0 Å². The highest BCUT2D eigenvalue weighted by Gasteiger charge is 2.60. The van der Waals surface area contributed by atoms with Crippen molar-refractivity contribution >= 4 is 31.9 Å². The lowest BCUT2D eigenvalue weighted by Gasteiger charge is -2.02. The number of fused-ring (bicyclic) bond motifs is 1. The molecule has 0 unspecified atom stereocenters. The van der Waals surface area contributed by atoms with E-state index in [2.05, 4.69) is 31.9 Å². The molecule has 2 saturated carbocycles. The molecule has 2 fully saturated rings. The molecular weight excluding hydrogens is 280 g/mol. The van der Waals surface area contributed by atoms with Crippen LogP contribution in [-0.4, -0.2) is 3.23 Å². The lowest BCUT2D eigenvalue weighted by Crippen LogP contribution is -1.91. The van der Waals surface area contributed by atoms with E-state index in [9.17, 15) is 0 Å². The van der Waals surface area contributed by atoms with Gasteiger partial charge in [-0.15, -0.1) is 0 Å². The van der Waals surface area contributed by atoms with E-state index in [-0.39, 0.29) is 0 Å². The molecule has 0 saturated heterocycles. The van der Waals surface area contributed by atoms with E-state index in [4.69, 9.17) is 0 Å². The zero-order valence-electron chi connectivity index (χ0n) is 7.36. The summed E-state index contributed by atoms with van der Waals surface area (Å²) in [5, 5.41) is 0. The molecule has 2 heteroatoms. The molecule has 0 aromatic rings. The molecule has 2 aliphatic carbocycles. The summed E-state index contributed by atoms with van der Waals surface area (Å²) in [6, 6.07) is 0. The van der Waals surface area contributed by atoms with Crippen LogP contribution in [0.2, 0.25) is 0 Å². The van der Waals surface area contributed by atoms with Crippen LogP contribution in [0.3, 0.4) is 0 Å². The van der Waals surface area contributed by atoms with E-state index in [0.29, 0.717) is 3.23 Å². The van der Waals surface area contributed by atoms with Gasteiger partial charge >= 0.3 is 0 Å². The van der Waals surface area contributed by atoms with Crippen molar-refractivity contribution in [2.45, 2.75) is 48.2 Å². The quantitative estimate of drug-likeness (QED) is 0.579. The molecule has 0 bridgehead atoms. The standard InChI is InChI=1S/C10H16Br2/c11-10(12)8-6-4-2-1-3-5-7-9(8)10/h8-9H,1-7H2/t8-,9-/m1/s1. The Morgan fingerprint density at radius 3 is 1.67 bits per heavy atom. The van der Waals surface area contributed by atoms with Gasteiger partial charge in [0.05, 0.1) is 3.23 Å². The molecule has 0 aliphatic heterocycles. The van der Waals surface area contributed by atoms with Gasteiger partial charge in [0.2, 0.25) is 0 Å². The van der Waals surface area contributed by atoms with Crippen molar-refractivity contribution < 1.29 is 0 Å². The Morgan fingerprint density at radius 1 is 0.750 bits per heavy atom. The first-order valence-electron chi connectivity index (χ1n) is 5.11. The minimum Gasteiger partial charge on any atom is -0.0721 e. The van der Waals surface area contributed by atoms with Crippen LogP contribution in [0.15, 0.2) is 0 Å². The Balaban J connectivity index is 1.91. The number of hydrogen-bond donors (Lipinski definition) is 0. The smallest absolute Gasteiger partial charge is 0.0721 e. The van der Waals surface area contributed by atoms with Crippen LogP contribution in [0.1, 0.15) is 44.9 Å². The predicted octanol–water partition coefficient (Wildman–Crippen LogP) is 4.46. The van der Waals surface area contributed by atoms with Crippen LogP contribution in [0.4, 0.5) is 0 Å². The summed E-state index contributed by atoms with van der Waals surface area (Å²) >= 11 is 7.58. The first-order chi connectivity index (χ1) is 5.73. The van der Waals surface area contributed by atoms with Crippen LogP contribution in [-0.2, 0) is 0 Å². The predicted molar refractivity (Wildman–Crippen MR) is 59.9 cm³/mol. The number of hydrogen-bond acceptors (Lipinski definition) is 0. The SMILES string of the molecule is BrC1(Br)[C@@H]2CCCCCCC[C@H]21. The van der Waals surface area contributed by atoms with E-state index in [1.165, 1.54) is 44.9 Å². The maximum Gasteiger partial charge on any atom is 0.0868 e. The van der Waals surface area contributed by atoms with Crippen LogP contribution in [0.25, 0.3) is 0 Å². The summed E-state index contributed by atoms with van der Waals surface area (Å²) in [5.41, 5.74) is 0. The molecule has 2 atom stereocenters. The van der Waals surface area contributed by atoms with Crippen LogP contribution < -0.4 is 0 Å². The van der Waals surface area contributed by atoms with Gasteiger partial charge in [0.1, 0.15) is 0 Å². The van der Waals surface area contributed by atoms with E-state index < -0.39 is 0 Å². The monoisotopic (exact) mass is 294 g/mol. The average Bonchev–Trinajstić information content (AvgIpc) is 2.56. The minimum absolute atomic E-state index is 0.345. The normalized spacial score (nSPS) is 40.5. The summed E-state index contributed by atoms with van der Waals surface area (Å²) in [5.74, 6) is 1.85. The molecule has 0 amide bonds. The Hall–Kier alpha value is 0.960. The second kappa shape index (κ2) is 3.61. The molecule has 0 spiro atoms. The Morgan fingerprint density at radius 2 is 1.17 bits per heavy atom. The van der Waals surface area contributed by atoms with Gasteiger partial charge in [0.25, 0.3) is 0 Å². The molecule has 0 radical (unpaired) electrons. The fraction of sp³-hybridized carbons (Fsp3) is 1.00. The second-order valence-corrected chi connectivity index (χ2v) is 7.92. The van der Waals surface area contributed by atoms with Gasteiger partial charge in [-0.05, 0) is 24.7 Å². The summed E-state index contributed by atoms with van der Waals surface area (Å²) in [4.78, 5) is 0. The molecule has 0 N–H and O–H groups in total.